The molecule has 1 rings (SSSR count). The van der Waals surface area contributed by atoms with Crippen LogP contribution in [0.2, 0.25) is 0 Å². The zero-order valence-electron chi connectivity index (χ0n) is 11.5. The Morgan fingerprint density at radius 1 is 1.35 bits per heavy atom. The summed E-state index contributed by atoms with van der Waals surface area (Å²) in [6, 6.07) is 0. The molecule has 0 aromatic carbocycles. The van der Waals surface area contributed by atoms with Crippen molar-refractivity contribution in [3.63, 3.8) is 0 Å². The summed E-state index contributed by atoms with van der Waals surface area (Å²) in [5.41, 5.74) is 0. The molecule has 0 aliphatic heterocycles. The Morgan fingerprint density at radius 2 is 2.00 bits per heavy atom. The van der Waals surface area contributed by atoms with Gasteiger partial charge in [-0.1, -0.05) is 27.2 Å². The molecule has 0 spiro atoms. The summed E-state index contributed by atoms with van der Waals surface area (Å²) < 4.78 is 5.55. The molecule has 0 heterocycles. The summed E-state index contributed by atoms with van der Waals surface area (Å²) in [5.74, 6) is 1.40. The van der Waals surface area contributed by atoms with Gasteiger partial charge in [0, 0.05) is 0 Å². The van der Waals surface area contributed by atoms with E-state index in [2.05, 4.69) is 20.8 Å². The van der Waals surface area contributed by atoms with Crippen LogP contribution in [0.25, 0.3) is 0 Å². The molecule has 1 aliphatic rings. The van der Waals surface area contributed by atoms with Crippen LogP contribution >= 0.6 is 0 Å². The Hall–Kier alpha value is -0.570. The molecule has 4 atom stereocenters. The predicted octanol–water partition coefficient (Wildman–Crippen LogP) is 2.76. The van der Waals surface area contributed by atoms with Crippen LogP contribution in [-0.2, 0) is 9.53 Å². The molecule has 1 aliphatic carbocycles. The molecule has 100 valence electrons. The maximum atomic E-state index is 11.6. The van der Waals surface area contributed by atoms with Gasteiger partial charge in [-0.3, -0.25) is 4.79 Å². The molecule has 17 heavy (non-hydrogen) atoms. The molecule has 0 bridgehead atoms. The summed E-state index contributed by atoms with van der Waals surface area (Å²) in [6.45, 7) is 8.21. The first-order chi connectivity index (χ1) is 7.90. The molecule has 0 aromatic rings. The van der Waals surface area contributed by atoms with Gasteiger partial charge >= 0.3 is 5.97 Å². The van der Waals surface area contributed by atoms with Crippen molar-refractivity contribution in [1.82, 2.24) is 0 Å². The lowest BCUT2D eigenvalue weighted by Crippen LogP contribution is -2.36. The highest BCUT2D eigenvalue weighted by Gasteiger charge is 2.33. The van der Waals surface area contributed by atoms with E-state index in [9.17, 15) is 9.90 Å². The van der Waals surface area contributed by atoms with E-state index in [1.54, 1.807) is 6.92 Å². The lowest BCUT2D eigenvalue weighted by molar-refractivity contribution is -0.157. The second-order valence-corrected chi connectivity index (χ2v) is 5.91. The lowest BCUT2D eigenvalue weighted by atomic mass is 9.75. The topological polar surface area (TPSA) is 46.5 Å². The number of ether oxygens (including phenoxy) is 1. The Balaban J connectivity index is 2.54. The summed E-state index contributed by atoms with van der Waals surface area (Å²) in [7, 11) is 0. The van der Waals surface area contributed by atoms with E-state index in [4.69, 9.17) is 4.74 Å². The van der Waals surface area contributed by atoms with Gasteiger partial charge in [-0.05, 0) is 37.5 Å². The number of esters is 1. The molecule has 0 amide bonds. The van der Waals surface area contributed by atoms with Crippen LogP contribution in [-0.4, -0.2) is 23.3 Å². The van der Waals surface area contributed by atoms with Crippen LogP contribution < -0.4 is 0 Å². The molecule has 3 nitrogen and oxygen atoms in total. The van der Waals surface area contributed by atoms with E-state index >= 15 is 0 Å². The average Bonchev–Trinajstić information content (AvgIpc) is 2.15. The fourth-order valence-electron chi connectivity index (χ4n) is 2.71. The molecule has 0 saturated heterocycles. The number of carbonyl (C=O) groups is 1. The number of carbonyl (C=O) groups excluding carboxylic acids is 1. The Morgan fingerprint density at radius 3 is 2.53 bits per heavy atom. The van der Waals surface area contributed by atoms with E-state index < -0.39 is 6.10 Å². The third-order valence-electron chi connectivity index (χ3n) is 3.71. The fraction of sp³-hybridized carbons (Fsp3) is 0.929. The molecule has 1 saturated carbocycles. The summed E-state index contributed by atoms with van der Waals surface area (Å²) in [6.07, 6.45) is 2.88. The quantitative estimate of drug-likeness (QED) is 0.771. The highest BCUT2D eigenvalue weighted by atomic mass is 16.5. The molecular formula is C14H26O3. The second kappa shape index (κ2) is 6.39. The van der Waals surface area contributed by atoms with Crippen molar-refractivity contribution >= 4 is 5.97 Å². The van der Waals surface area contributed by atoms with Gasteiger partial charge in [0.15, 0.2) is 0 Å². The minimum absolute atomic E-state index is 0.0463. The lowest BCUT2D eigenvalue weighted by Gasteiger charge is -2.36. The van der Waals surface area contributed by atoms with Gasteiger partial charge in [0.2, 0.25) is 0 Å². The number of rotatable bonds is 4. The molecular weight excluding hydrogens is 216 g/mol. The standard InChI is InChI=1S/C14H26O3/c1-9(2)12-6-5-10(3)7-13(12)17-14(16)8-11(4)15/h9-13,15H,5-8H2,1-4H3/t10?,11-,12?,13?/m0/s1. The van der Waals surface area contributed by atoms with Crippen molar-refractivity contribution < 1.29 is 14.6 Å². The molecule has 3 heteroatoms. The fourth-order valence-corrected chi connectivity index (χ4v) is 2.71. The van der Waals surface area contributed by atoms with Crippen molar-refractivity contribution in [2.45, 2.75) is 65.6 Å². The molecule has 0 aromatic heterocycles. The number of aliphatic hydroxyl groups is 1. The first kappa shape index (κ1) is 14.5. The van der Waals surface area contributed by atoms with Crippen LogP contribution in [0.3, 0.4) is 0 Å². The average molecular weight is 242 g/mol. The van der Waals surface area contributed by atoms with E-state index in [1.165, 1.54) is 6.42 Å². The van der Waals surface area contributed by atoms with Crippen LogP contribution in [0.1, 0.15) is 53.4 Å². The molecule has 1 N–H and O–H groups in total. The first-order valence-electron chi connectivity index (χ1n) is 6.77. The van der Waals surface area contributed by atoms with Gasteiger partial charge in [0.1, 0.15) is 6.10 Å². The summed E-state index contributed by atoms with van der Waals surface area (Å²) >= 11 is 0. The minimum atomic E-state index is -0.610. The predicted molar refractivity (Wildman–Crippen MR) is 67.5 cm³/mol. The minimum Gasteiger partial charge on any atom is -0.462 e. The maximum Gasteiger partial charge on any atom is 0.308 e. The van der Waals surface area contributed by atoms with Gasteiger partial charge in [-0.15, -0.1) is 0 Å². The molecule has 3 unspecified atom stereocenters. The molecule has 1 fully saturated rings. The first-order valence-corrected chi connectivity index (χ1v) is 6.77. The van der Waals surface area contributed by atoms with Gasteiger partial charge in [0.25, 0.3) is 0 Å². The zero-order chi connectivity index (χ0) is 13.0. The molecule has 0 radical (unpaired) electrons. The van der Waals surface area contributed by atoms with Crippen molar-refractivity contribution in [3.8, 4) is 0 Å². The Labute approximate surface area is 105 Å². The van der Waals surface area contributed by atoms with Crippen LogP contribution in [0.4, 0.5) is 0 Å². The normalized spacial score (nSPS) is 31.3. The van der Waals surface area contributed by atoms with Crippen LogP contribution in [0.15, 0.2) is 0 Å². The highest BCUT2D eigenvalue weighted by molar-refractivity contribution is 5.70. The largest absolute Gasteiger partial charge is 0.462 e. The monoisotopic (exact) mass is 242 g/mol. The smallest absolute Gasteiger partial charge is 0.308 e. The van der Waals surface area contributed by atoms with Gasteiger partial charge in [-0.2, -0.15) is 0 Å². The van der Waals surface area contributed by atoms with E-state index in [1.807, 2.05) is 0 Å². The van der Waals surface area contributed by atoms with Crippen molar-refractivity contribution in [1.29, 1.82) is 0 Å². The van der Waals surface area contributed by atoms with E-state index in [-0.39, 0.29) is 18.5 Å². The number of aliphatic hydroxyl groups excluding tert-OH is 1. The SMILES string of the molecule is CC1CCC(C(C)C)C(OC(=O)C[C@H](C)O)C1. The van der Waals surface area contributed by atoms with Crippen molar-refractivity contribution in [2.24, 2.45) is 17.8 Å². The van der Waals surface area contributed by atoms with Crippen LogP contribution in [0, 0.1) is 17.8 Å². The van der Waals surface area contributed by atoms with Gasteiger partial charge in [-0.25, -0.2) is 0 Å². The number of hydrogen-bond acceptors (Lipinski definition) is 3. The Kier molecular flexibility index (Phi) is 5.44. The second-order valence-electron chi connectivity index (χ2n) is 5.91. The van der Waals surface area contributed by atoms with Crippen LogP contribution in [0.5, 0.6) is 0 Å². The third-order valence-corrected chi connectivity index (χ3v) is 3.71. The zero-order valence-corrected chi connectivity index (χ0v) is 11.5. The Bertz CT molecular complexity index is 248. The van der Waals surface area contributed by atoms with E-state index in [0.29, 0.717) is 17.8 Å². The van der Waals surface area contributed by atoms with Gasteiger partial charge < -0.3 is 9.84 Å². The third kappa shape index (κ3) is 4.66. The van der Waals surface area contributed by atoms with Gasteiger partial charge in [0.05, 0.1) is 12.5 Å². The van der Waals surface area contributed by atoms with E-state index in [0.717, 1.165) is 12.8 Å². The number of hydrogen-bond donors (Lipinski definition) is 1. The summed E-state index contributed by atoms with van der Waals surface area (Å²) in [4.78, 5) is 11.6. The van der Waals surface area contributed by atoms with Crippen molar-refractivity contribution in [2.75, 3.05) is 0 Å². The maximum absolute atomic E-state index is 11.6. The highest BCUT2D eigenvalue weighted by Crippen LogP contribution is 2.35. The summed E-state index contributed by atoms with van der Waals surface area (Å²) in [5, 5.41) is 9.18. The van der Waals surface area contributed by atoms with Crippen molar-refractivity contribution in [3.05, 3.63) is 0 Å².